The maximum Gasteiger partial charge on any atom is 0.136 e. The van der Waals surface area contributed by atoms with Gasteiger partial charge in [0.25, 0.3) is 0 Å². The van der Waals surface area contributed by atoms with Crippen molar-refractivity contribution in [1.82, 2.24) is 0 Å². The Balaban J connectivity index is 0. The number of rotatable bonds is 14. The molecule has 0 aliphatic carbocycles. The van der Waals surface area contributed by atoms with Gasteiger partial charge in [-0.2, -0.15) is 0 Å². The molecule has 1 aromatic rings. The van der Waals surface area contributed by atoms with Gasteiger partial charge in [-0.15, -0.1) is 0 Å². The first kappa shape index (κ1) is 28.1. The zero-order valence-electron chi connectivity index (χ0n) is 20.6. The Kier molecular flexibility index (Phi) is 15.8. The van der Waals surface area contributed by atoms with E-state index in [0.29, 0.717) is 18.1 Å². The summed E-state index contributed by atoms with van der Waals surface area (Å²) in [5.74, 6) is 1.21. The van der Waals surface area contributed by atoms with Gasteiger partial charge < -0.3 is 0 Å². The molecule has 0 aromatic heterocycles. The van der Waals surface area contributed by atoms with Crippen LogP contribution in [0.1, 0.15) is 98.2 Å². The molecule has 0 radical (unpaired) electrons. The molecule has 0 spiro atoms. The second-order valence-corrected chi connectivity index (χ2v) is 8.21. The van der Waals surface area contributed by atoms with Crippen LogP contribution in [0.5, 0.6) is 0 Å². The predicted molar refractivity (Wildman–Crippen MR) is 138 cm³/mol. The second kappa shape index (κ2) is 16.9. The number of unbranched alkanes of at least 4 members (excludes halogenated alkanes) is 2. The topological polar surface area (TPSA) is 17.1 Å². The zero-order chi connectivity index (χ0) is 22.9. The molecule has 0 amide bonds. The summed E-state index contributed by atoms with van der Waals surface area (Å²) in [5, 5.41) is 0. The van der Waals surface area contributed by atoms with Crippen molar-refractivity contribution in [3.05, 3.63) is 65.8 Å². The van der Waals surface area contributed by atoms with E-state index < -0.39 is 0 Å². The smallest absolute Gasteiger partial charge is 0.136 e. The molecule has 0 saturated carbocycles. The highest BCUT2D eigenvalue weighted by Crippen LogP contribution is 2.22. The molecule has 0 saturated heterocycles. The quantitative estimate of drug-likeness (QED) is 0.220. The summed E-state index contributed by atoms with van der Waals surface area (Å²) in [6, 6.07) is 6.51. The number of hydrogen-bond acceptors (Lipinski definition) is 1. The average molecular weight is 413 g/mol. The number of benzene rings is 1. The number of carbonyl (C=O) groups excluding carboxylic acids is 1. The van der Waals surface area contributed by atoms with Gasteiger partial charge in [-0.1, -0.05) is 96.2 Å². The zero-order valence-corrected chi connectivity index (χ0v) is 20.6. The van der Waals surface area contributed by atoms with Crippen molar-refractivity contribution in [2.45, 2.75) is 92.9 Å². The molecule has 30 heavy (non-hydrogen) atoms. The highest BCUT2D eigenvalue weighted by Gasteiger charge is 2.17. The van der Waals surface area contributed by atoms with Crippen LogP contribution in [0.15, 0.2) is 49.1 Å². The van der Waals surface area contributed by atoms with Crippen LogP contribution >= 0.6 is 0 Å². The number of hydrogen-bond donors (Lipinski definition) is 0. The number of ketones is 1. The van der Waals surface area contributed by atoms with Crippen LogP contribution < -0.4 is 0 Å². The molecule has 0 fully saturated rings. The van der Waals surface area contributed by atoms with Gasteiger partial charge in [-0.05, 0) is 68.1 Å². The Labute approximate surface area is 188 Å². The van der Waals surface area contributed by atoms with Gasteiger partial charge in [0.1, 0.15) is 5.78 Å². The van der Waals surface area contributed by atoms with Gasteiger partial charge in [0.15, 0.2) is 0 Å². The standard InChI is InChI=1S/C27H40O.C2H6.H2/c1-7-22(6)14-12-10-11-13-15-27(28)25(9-3)19-23-16-17-24(8-2)26(20-23)18-21(4)5;1-2;/h8,12,14,16-17,20,22,25H,2,4,7,9-11,13,15,18-19H2,1,3,5-6H3;1-2H3;1H/b14-12+;;. The summed E-state index contributed by atoms with van der Waals surface area (Å²) in [6.07, 6.45) is 14.2. The molecule has 2 unspecified atom stereocenters. The third kappa shape index (κ3) is 11.3. The van der Waals surface area contributed by atoms with Crippen molar-refractivity contribution in [1.29, 1.82) is 0 Å². The molecule has 1 heteroatoms. The highest BCUT2D eigenvalue weighted by atomic mass is 16.1. The second-order valence-electron chi connectivity index (χ2n) is 8.21. The molecule has 1 aromatic carbocycles. The van der Waals surface area contributed by atoms with E-state index in [2.05, 4.69) is 71.2 Å². The van der Waals surface area contributed by atoms with Crippen molar-refractivity contribution >= 4 is 11.9 Å². The van der Waals surface area contributed by atoms with Gasteiger partial charge in [-0.25, -0.2) is 0 Å². The van der Waals surface area contributed by atoms with E-state index in [9.17, 15) is 4.79 Å². The van der Waals surface area contributed by atoms with Crippen LogP contribution in [0.2, 0.25) is 0 Å². The fraction of sp³-hybridized carbons (Fsp3) is 0.552. The van der Waals surface area contributed by atoms with Crippen LogP contribution in [-0.4, -0.2) is 5.78 Å². The first-order valence-corrected chi connectivity index (χ1v) is 12.0. The number of allylic oxidation sites excluding steroid dienone is 3. The molecule has 2 atom stereocenters. The summed E-state index contributed by atoms with van der Waals surface area (Å²) >= 11 is 0. The van der Waals surface area contributed by atoms with E-state index in [-0.39, 0.29) is 7.34 Å². The van der Waals surface area contributed by atoms with Gasteiger partial charge in [0.05, 0.1) is 0 Å². The molecular formula is C29H48O. The van der Waals surface area contributed by atoms with Crippen LogP contribution in [0.4, 0.5) is 0 Å². The largest absolute Gasteiger partial charge is 0.299 e. The highest BCUT2D eigenvalue weighted by molar-refractivity contribution is 5.81. The SMILES string of the molecule is C=Cc1ccc(CC(CC)C(=O)CCCC/C=C/C(C)CC)cc1CC(=C)C.CC.[HH]. The van der Waals surface area contributed by atoms with Crippen molar-refractivity contribution in [3.63, 3.8) is 0 Å². The van der Waals surface area contributed by atoms with Gasteiger partial charge in [-0.3, -0.25) is 4.79 Å². The van der Waals surface area contributed by atoms with E-state index in [1.807, 2.05) is 19.9 Å². The van der Waals surface area contributed by atoms with E-state index in [4.69, 9.17) is 0 Å². The Hall–Kier alpha value is -1.89. The molecule has 0 aliphatic heterocycles. The molecular weight excluding hydrogens is 364 g/mol. The lowest BCUT2D eigenvalue weighted by molar-refractivity contribution is -0.123. The van der Waals surface area contributed by atoms with E-state index >= 15 is 0 Å². The minimum absolute atomic E-state index is 0. The Morgan fingerprint density at radius 2 is 1.87 bits per heavy atom. The summed E-state index contributed by atoms with van der Waals surface area (Å²) in [5.41, 5.74) is 4.82. The summed E-state index contributed by atoms with van der Waals surface area (Å²) in [4.78, 5) is 12.7. The molecule has 1 nitrogen and oxygen atoms in total. The maximum absolute atomic E-state index is 12.7. The molecule has 170 valence electrons. The van der Waals surface area contributed by atoms with Crippen LogP contribution in [0.25, 0.3) is 6.08 Å². The molecule has 0 N–H and O–H groups in total. The molecule has 0 bridgehead atoms. The Morgan fingerprint density at radius 1 is 1.17 bits per heavy atom. The van der Waals surface area contributed by atoms with Crippen LogP contribution in [0, 0.1) is 11.8 Å². The third-order valence-electron chi connectivity index (χ3n) is 5.50. The van der Waals surface area contributed by atoms with E-state index in [1.165, 1.54) is 17.5 Å². The number of Topliss-reactive ketones (excluding diaryl/α,β-unsaturated/α-hetero) is 1. The van der Waals surface area contributed by atoms with Crippen molar-refractivity contribution in [2.24, 2.45) is 11.8 Å². The fourth-order valence-corrected chi connectivity index (χ4v) is 3.46. The predicted octanol–water partition coefficient (Wildman–Crippen LogP) is 9.02. The van der Waals surface area contributed by atoms with Gasteiger partial charge >= 0.3 is 0 Å². The first-order chi connectivity index (χ1) is 14.4. The van der Waals surface area contributed by atoms with Crippen LogP contribution in [-0.2, 0) is 17.6 Å². The van der Waals surface area contributed by atoms with Crippen molar-refractivity contribution in [2.75, 3.05) is 0 Å². The average Bonchev–Trinajstić information content (AvgIpc) is 2.75. The lowest BCUT2D eigenvalue weighted by Gasteiger charge is -2.16. The molecule has 0 aliphatic rings. The summed E-state index contributed by atoms with van der Waals surface area (Å²) in [6.45, 7) is 20.6. The molecule has 0 heterocycles. The summed E-state index contributed by atoms with van der Waals surface area (Å²) in [7, 11) is 0. The minimum atomic E-state index is 0. The van der Waals surface area contributed by atoms with Crippen molar-refractivity contribution < 1.29 is 6.22 Å². The Bertz CT molecular complexity index is 671. The van der Waals surface area contributed by atoms with Gasteiger partial charge in [0, 0.05) is 13.8 Å². The Morgan fingerprint density at radius 3 is 2.43 bits per heavy atom. The summed E-state index contributed by atoms with van der Waals surface area (Å²) < 4.78 is 0. The first-order valence-electron chi connectivity index (χ1n) is 12.0. The van der Waals surface area contributed by atoms with E-state index in [1.54, 1.807) is 0 Å². The van der Waals surface area contributed by atoms with E-state index in [0.717, 1.165) is 49.7 Å². The van der Waals surface area contributed by atoms with Crippen LogP contribution in [0.3, 0.4) is 0 Å². The molecule has 1 rings (SSSR count). The lowest BCUT2D eigenvalue weighted by atomic mass is 9.88. The lowest BCUT2D eigenvalue weighted by Crippen LogP contribution is -2.16. The van der Waals surface area contributed by atoms with Gasteiger partial charge in [0.2, 0.25) is 0 Å². The monoisotopic (exact) mass is 412 g/mol. The normalized spacial score (nSPS) is 12.7. The van der Waals surface area contributed by atoms with Crippen molar-refractivity contribution in [3.8, 4) is 0 Å². The maximum atomic E-state index is 12.7. The fourth-order valence-electron chi connectivity index (χ4n) is 3.46. The minimum Gasteiger partial charge on any atom is -0.299 e. The number of carbonyl (C=O) groups is 1. The third-order valence-corrected chi connectivity index (χ3v) is 5.50.